The van der Waals surface area contributed by atoms with Gasteiger partial charge in [0.05, 0.1) is 0 Å². The summed E-state index contributed by atoms with van der Waals surface area (Å²) in [6.45, 7) is 2.98. The molecule has 0 aliphatic heterocycles. The molecule has 0 aromatic carbocycles. The van der Waals surface area contributed by atoms with E-state index >= 15 is 0 Å². The first kappa shape index (κ1) is 14.0. The molecule has 17 heavy (non-hydrogen) atoms. The van der Waals surface area contributed by atoms with Crippen LogP contribution in [-0.4, -0.2) is 23.5 Å². The Morgan fingerprint density at radius 1 is 1.24 bits per heavy atom. The summed E-state index contributed by atoms with van der Waals surface area (Å²) in [4.78, 5) is 21.8. The highest BCUT2D eigenvalue weighted by Crippen LogP contribution is 2.48. The Bertz CT molecular complexity index is 272. The third kappa shape index (κ3) is 5.71. The minimum Gasteiger partial charge on any atom is -0.481 e. The van der Waals surface area contributed by atoms with Gasteiger partial charge in [-0.15, -0.1) is 0 Å². The maximum Gasteiger partial charge on any atom is 0.303 e. The van der Waals surface area contributed by atoms with Gasteiger partial charge in [0.15, 0.2) is 0 Å². The van der Waals surface area contributed by atoms with E-state index in [1.807, 2.05) is 0 Å². The molecule has 1 saturated carbocycles. The fourth-order valence-electron chi connectivity index (χ4n) is 2.16. The summed E-state index contributed by atoms with van der Waals surface area (Å²) in [5.74, 6) is -0.719. The Labute approximate surface area is 103 Å². The van der Waals surface area contributed by atoms with Crippen LogP contribution in [0, 0.1) is 5.41 Å². The van der Waals surface area contributed by atoms with Gasteiger partial charge < -0.3 is 10.4 Å². The number of rotatable bonds is 9. The van der Waals surface area contributed by atoms with E-state index in [4.69, 9.17) is 5.11 Å². The quantitative estimate of drug-likeness (QED) is 0.609. The number of carbonyl (C=O) groups excluding carboxylic acids is 1. The van der Waals surface area contributed by atoms with Crippen LogP contribution < -0.4 is 5.32 Å². The Morgan fingerprint density at radius 3 is 2.41 bits per heavy atom. The summed E-state index contributed by atoms with van der Waals surface area (Å²) in [7, 11) is 0. The number of hydrogen-bond acceptors (Lipinski definition) is 2. The molecule has 1 rings (SSSR count). The summed E-state index contributed by atoms with van der Waals surface area (Å²) >= 11 is 0. The van der Waals surface area contributed by atoms with Gasteiger partial charge in [-0.2, -0.15) is 0 Å². The SMILES string of the molecule is CCCC1(CNC(=O)CCCCC(=O)O)CC1. The molecule has 0 heterocycles. The maximum atomic E-state index is 11.5. The van der Waals surface area contributed by atoms with Crippen molar-refractivity contribution >= 4 is 11.9 Å². The molecular formula is C13H23NO3. The molecule has 4 nitrogen and oxygen atoms in total. The van der Waals surface area contributed by atoms with E-state index in [1.165, 1.54) is 25.7 Å². The Morgan fingerprint density at radius 2 is 1.88 bits per heavy atom. The van der Waals surface area contributed by atoms with E-state index in [0.717, 1.165) is 6.54 Å². The van der Waals surface area contributed by atoms with Gasteiger partial charge in [-0.25, -0.2) is 0 Å². The minimum atomic E-state index is -0.787. The second kappa shape index (κ2) is 6.62. The molecule has 0 spiro atoms. The molecule has 1 amide bonds. The van der Waals surface area contributed by atoms with Crippen molar-refractivity contribution in [2.45, 2.75) is 58.3 Å². The predicted octanol–water partition coefficient (Wildman–Crippen LogP) is 2.33. The van der Waals surface area contributed by atoms with Crippen molar-refractivity contribution in [1.82, 2.24) is 5.32 Å². The predicted molar refractivity (Wildman–Crippen MR) is 65.7 cm³/mol. The van der Waals surface area contributed by atoms with Crippen LogP contribution in [0.3, 0.4) is 0 Å². The zero-order valence-electron chi connectivity index (χ0n) is 10.6. The number of carboxylic acid groups (broad SMARTS) is 1. The zero-order chi connectivity index (χ0) is 12.7. The molecule has 0 aromatic rings. The first-order chi connectivity index (χ1) is 8.08. The van der Waals surface area contributed by atoms with E-state index < -0.39 is 5.97 Å². The number of hydrogen-bond donors (Lipinski definition) is 2. The summed E-state index contributed by atoms with van der Waals surface area (Å²) in [5, 5.41) is 11.4. The van der Waals surface area contributed by atoms with Crippen LogP contribution in [-0.2, 0) is 9.59 Å². The van der Waals surface area contributed by atoms with Gasteiger partial charge >= 0.3 is 5.97 Å². The lowest BCUT2D eigenvalue weighted by molar-refractivity contribution is -0.137. The fraction of sp³-hybridized carbons (Fsp3) is 0.846. The highest BCUT2D eigenvalue weighted by atomic mass is 16.4. The Balaban J connectivity index is 2.03. The van der Waals surface area contributed by atoms with Gasteiger partial charge in [0.1, 0.15) is 0 Å². The highest BCUT2D eigenvalue weighted by molar-refractivity contribution is 5.76. The van der Waals surface area contributed by atoms with E-state index in [2.05, 4.69) is 12.2 Å². The molecule has 4 heteroatoms. The van der Waals surface area contributed by atoms with Crippen LogP contribution in [0.25, 0.3) is 0 Å². The minimum absolute atomic E-state index is 0.0674. The lowest BCUT2D eigenvalue weighted by Gasteiger charge is -2.14. The monoisotopic (exact) mass is 241 g/mol. The smallest absolute Gasteiger partial charge is 0.303 e. The zero-order valence-corrected chi connectivity index (χ0v) is 10.6. The number of carbonyl (C=O) groups is 2. The molecule has 0 saturated heterocycles. The van der Waals surface area contributed by atoms with Gasteiger partial charge in [0, 0.05) is 19.4 Å². The number of aliphatic carboxylic acids is 1. The molecular weight excluding hydrogens is 218 g/mol. The number of carboxylic acids is 1. The second-order valence-electron chi connectivity index (χ2n) is 5.13. The van der Waals surface area contributed by atoms with Crippen LogP contribution >= 0.6 is 0 Å². The maximum absolute atomic E-state index is 11.5. The average Bonchev–Trinajstić information content (AvgIpc) is 3.03. The summed E-state index contributed by atoms with van der Waals surface area (Å²) < 4.78 is 0. The molecule has 1 aliphatic rings. The summed E-state index contributed by atoms with van der Waals surface area (Å²) in [5.41, 5.74) is 0.394. The first-order valence-electron chi connectivity index (χ1n) is 6.56. The van der Waals surface area contributed by atoms with Crippen molar-refractivity contribution in [2.24, 2.45) is 5.41 Å². The molecule has 1 aliphatic carbocycles. The van der Waals surface area contributed by atoms with E-state index in [0.29, 0.717) is 24.7 Å². The fourth-order valence-corrected chi connectivity index (χ4v) is 2.16. The van der Waals surface area contributed by atoms with Crippen molar-refractivity contribution in [3.8, 4) is 0 Å². The summed E-state index contributed by atoms with van der Waals surface area (Å²) in [6, 6.07) is 0. The van der Waals surface area contributed by atoms with E-state index in [1.54, 1.807) is 0 Å². The van der Waals surface area contributed by atoms with Gasteiger partial charge in [0.25, 0.3) is 0 Å². The topological polar surface area (TPSA) is 66.4 Å². The number of amides is 1. The van der Waals surface area contributed by atoms with Gasteiger partial charge in [0.2, 0.25) is 5.91 Å². The van der Waals surface area contributed by atoms with Gasteiger partial charge in [-0.05, 0) is 37.5 Å². The van der Waals surface area contributed by atoms with Crippen LogP contribution in [0.5, 0.6) is 0 Å². The van der Waals surface area contributed by atoms with Gasteiger partial charge in [-0.1, -0.05) is 13.3 Å². The third-order valence-corrected chi connectivity index (χ3v) is 3.44. The molecule has 0 unspecified atom stereocenters. The second-order valence-corrected chi connectivity index (χ2v) is 5.13. The van der Waals surface area contributed by atoms with Crippen LogP contribution in [0.15, 0.2) is 0 Å². The lowest BCUT2D eigenvalue weighted by Crippen LogP contribution is -2.29. The van der Waals surface area contributed by atoms with Crippen molar-refractivity contribution in [3.63, 3.8) is 0 Å². The van der Waals surface area contributed by atoms with E-state index in [9.17, 15) is 9.59 Å². The van der Waals surface area contributed by atoms with Crippen LogP contribution in [0.1, 0.15) is 58.3 Å². The molecule has 0 radical (unpaired) electrons. The molecule has 0 bridgehead atoms. The molecule has 0 atom stereocenters. The Hall–Kier alpha value is -1.06. The first-order valence-corrected chi connectivity index (χ1v) is 6.56. The van der Waals surface area contributed by atoms with Crippen molar-refractivity contribution < 1.29 is 14.7 Å². The molecule has 0 aromatic heterocycles. The molecule has 98 valence electrons. The van der Waals surface area contributed by atoms with Crippen LogP contribution in [0.4, 0.5) is 0 Å². The van der Waals surface area contributed by atoms with Crippen LogP contribution in [0.2, 0.25) is 0 Å². The van der Waals surface area contributed by atoms with E-state index in [-0.39, 0.29) is 12.3 Å². The standard InChI is InChI=1S/C13H23NO3/c1-2-7-13(8-9-13)10-14-11(15)5-3-4-6-12(16)17/h2-10H2,1H3,(H,14,15)(H,16,17). The third-order valence-electron chi connectivity index (χ3n) is 3.44. The molecule has 2 N–H and O–H groups in total. The lowest BCUT2D eigenvalue weighted by atomic mass is 10.0. The van der Waals surface area contributed by atoms with Crippen molar-refractivity contribution in [1.29, 1.82) is 0 Å². The summed E-state index contributed by atoms with van der Waals surface area (Å²) in [6.07, 6.45) is 6.71. The van der Waals surface area contributed by atoms with Gasteiger partial charge in [-0.3, -0.25) is 9.59 Å². The molecule has 1 fully saturated rings. The largest absolute Gasteiger partial charge is 0.481 e. The number of nitrogens with one attached hydrogen (secondary N) is 1. The van der Waals surface area contributed by atoms with Crippen molar-refractivity contribution in [3.05, 3.63) is 0 Å². The number of unbranched alkanes of at least 4 members (excludes halogenated alkanes) is 1. The Kier molecular flexibility index (Phi) is 5.45. The average molecular weight is 241 g/mol. The highest BCUT2D eigenvalue weighted by Gasteiger charge is 2.41. The van der Waals surface area contributed by atoms with Crippen molar-refractivity contribution in [2.75, 3.05) is 6.54 Å². The normalized spacial score (nSPS) is 16.5.